The van der Waals surface area contributed by atoms with Gasteiger partial charge in [-0.15, -0.1) is 11.8 Å². The lowest BCUT2D eigenvalue weighted by atomic mass is 10.2. The highest BCUT2D eigenvalue weighted by atomic mass is 32.2. The fourth-order valence-corrected chi connectivity index (χ4v) is 3.52. The fourth-order valence-electron chi connectivity index (χ4n) is 2.06. The molecule has 0 aliphatic heterocycles. The maximum atomic E-state index is 12.4. The standard InChI is InChI=1S/C18H22N2O3S2/c1-13(2)12-19-18(21)14-4-6-15(7-5-14)20-25(22,23)17-10-8-16(24-3)9-11-17/h4-11,13,20H,12H2,1-3H3,(H,19,21). The van der Waals surface area contributed by atoms with Crippen molar-refractivity contribution in [3.63, 3.8) is 0 Å². The zero-order chi connectivity index (χ0) is 18.4. The lowest BCUT2D eigenvalue weighted by Crippen LogP contribution is -2.27. The van der Waals surface area contributed by atoms with Crippen LogP contribution in [0.3, 0.4) is 0 Å². The van der Waals surface area contributed by atoms with Crippen molar-refractivity contribution < 1.29 is 13.2 Å². The molecular formula is C18H22N2O3S2. The van der Waals surface area contributed by atoms with Gasteiger partial charge in [0.25, 0.3) is 15.9 Å². The quantitative estimate of drug-likeness (QED) is 0.722. The maximum Gasteiger partial charge on any atom is 0.261 e. The number of carbonyl (C=O) groups is 1. The zero-order valence-corrected chi connectivity index (χ0v) is 16.1. The predicted molar refractivity (Wildman–Crippen MR) is 103 cm³/mol. The summed E-state index contributed by atoms with van der Waals surface area (Å²) >= 11 is 1.55. The number of carbonyl (C=O) groups excluding carboxylic acids is 1. The summed E-state index contributed by atoms with van der Waals surface area (Å²) in [6.07, 6.45) is 1.93. The largest absolute Gasteiger partial charge is 0.352 e. The Balaban J connectivity index is 2.07. The Kier molecular flexibility index (Phi) is 6.50. The minimum absolute atomic E-state index is 0.171. The smallest absolute Gasteiger partial charge is 0.261 e. The van der Waals surface area contributed by atoms with E-state index in [2.05, 4.69) is 10.0 Å². The van der Waals surface area contributed by atoms with E-state index >= 15 is 0 Å². The van der Waals surface area contributed by atoms with Crippen LogP contribution >= 0.6 is 11.8 Å². The molecule has 2 aromatic rings. The van der Waals surface area contributed by atoms with Crippen molar-refractivity contribution in [3.8, 4) is 0 Å². The summed E-state index contributed by atoms with van der Waals surface area (Å²) in [5.74, 6) is 0.197. The highest BCUT2D eigenvalue weighted by Gasteiger charge is 2.14. The highest BCUT2D eigenvalue weighted by molar-refractivity contribution is 7.98. The average molecular weight is 379 g/mol. The summed E-state index contributed by atoms with van der Waals surface area (Å²) in [5, 5.41) is 2.82. The molecule has 0 saturated carbocycles. The van der Waals surface area contributed by atoms with Crippen LogP contribution in [0, 0.1) is 5.92 Å². The SMILES string of the molecule is CSc1ccc(S(=O)(=O)Nc2ccc(C(=O)NCC(C)C)cc2)cc1. The van der Waals surface area contributed by atoms with Gasteiger partial charge in [-0.25, -0.2) is 8.42 Å². The number of thioether (sulfide) groups is 1. The van der Waals surface area contributed by atoms with Crippen LogP contribution in [0.1, 0.15) is 24.2 Å². The lowest BCUT2D eigenvalue weighted by molar-refractivity contribution is 0.0949. The Morgan fingerprint density at radius 2 is 1.64 bits per heavy atom. The fraction of sp³-hybridized carbons (Fsp3) is 0.278. The van der Waals surface area contributed by atoms with Gasteiger partial charge in [0.2, 0.25) is 0 Å². The van der Waals surface area contributed by atoms with E-state index in [0.717, 1.165) is 4.90 Å². The van der Waals surface area contributed by atoms with E-state index in [4.69, 9.17) is 0 Å². The van der Waals surface area contributed by atoms with Gasteiger partial charge in [-0.3, -0.25) is 9.52 Å². The molecule has 25 heavy (non-hydrogen) atoms. The van der Waals surface area contributed by atoms with Crippen LogP contribution in [0.2, 0.25) is 0 Å². The predicted octanol–water partition coefficient (Wildman–Crippen LogP) is 3.60. The monoisotopic (exact) mass is 378 g/mol. The minimum Gasteiger partial charge on any atom is -0.352 e. The first kappa shape index (κ1) is 19.3. The normalized spacial score (nSPS) is 11.4. The number of sulfonamides is 1. The van der Waals surface area contributed by atoms with Gasteiger partial charge in [-0.1, -0.05) is 13.8 Å². The van der Waals surface area contributed by atoms with Gasteiger partial charge in [0.05, 0.1) is 4.90 Å². The molecule has 0 bridgehead atoms. The van der Waals surface area contributed by atoms with Crippen LogP contribution in [-0.2, 0) is 10.0 Å². The molecule has 2 rings (SSSR count). The van der Waals surface area contributed by atoms with E-state index < -0.39 is 10.0 Å². The third-order valence-electron chi connectivity index (χ3n) is 3.44. The van der Waals surface area contributed by atoms with Crippen LogP contribution in [0.5, 0.6) is 0 Å². The molecule has 0 fully saturated rings. The summed E-state index contributed by atoms with van der Waals surface area (Å²) in [6, 6.07) is 13.0. The number of hydrogen-bond donors (Lipinski definition) is 2. The molecule has 0 heterocycles. The van der Waals surface area contributed by atoms with E-state index in [1.807, 2.05) is 20.1 Å². The number of benzene rings is 2. The number of amides is 1. The summed E-state index contributed by atoms with van der Waals surface area (Å²) in [6.45, 7) is 4.63. The van der Waals surface area contributed by atoms with E-state index in [9.17, 15) is 13.2 Å². The van der Waals surface area contributed by atoms with Gasteiger partial charge in [-0.05, 0) is 60.7 Å². The second-order valence-corrected chi connectivity index (χ2v) is 8.52. The molecule has 0 atom stereocenters. The first-order valence-corrected chi connectivity index (χ1v) is 10.6. The third-order valence-corrected chi connectivity index (χ3v) is 5.58. The van der Waals surface area contributed by atoms with Crippen LogP contribution in [-0.4, -0.2) is 27.1 Å². The van der Waals surface area contributed by atoms with Crippen molar-refractivity contribution in [2.45, 2.75) is 23.6 Å². The number of nitrogens with one attached hydrogen (secondary N) is 2. The van der Waals surface area contributed by atoms with Gasteiger partial charge in [0.15, 0.2) is 0 Å². The van der Waals surface area contributed by atoms with Gasteiger partial charge in [0, 0.05) is 22.7 Å². The summed E-state index contributed by atoms with van der Waals surface area (Å²) < 4.78 is 27.3. The molecule has 0 unspecified atom stereocenters. The van der Waals surface area contributed by atoms with Crippen LogP contribution in [0.15, 0.2) is 58.3 Å². The molecule has 0 aliphatic rings. The number of anilines is 1. The van der Waals surface area contributed by atoms with Crippen molar-refractivity contribution in [2.24, 2.45) is 5.92 Å². The zero-order valence-electron chi connectivity index (χ0n) is 14.4. The Labute approximate surface area is 153 Å². The molecule has 134 valence electrons. The molecule has 0 aliphatic carbocycles. The molecular weight excluding hydrogens is 356 g/mol. The molecule has 0 aromatic heterocycles. The van der Waals surface area contributed by atoms with Crippen molar-refractivity contribution in [3.05, 3.63) is 54.1 Å². The van der Waals surface area contributed by atoms with Crippen molar-refractivity contribution in [1.29, 1.82) is 0 Å². The molecule has 1 amide bonds. The van der Waals surface area contributed by atoms with Gasteiger partial charge >= 0.3 is 0 Å². The molecule has 0 saturated heterocycles. The average Bonchev–Trinajstić information content (AvgIpc) is 2.60. The molecule has 2 aromatic carbocycles. The van der Waals surface area contributed by atoms with Gasteiger partial charge < -0.3 is 5.32 Å². The molecule has 2 N–H and O–H groups in total. The molecule has 0 spiro atoms. The lowest BCUT2D eigenvalue weighted by Gasteiger charge is -2.10. The van der Waals surface area contributed by atoms with Crippen molar-refractivity contribution in [2.75, 3.05) is 17.5 Å². The Bertz CT molecular complexity index is 814. The number of rotatable bonds is 7. The summed E-state index contributed by atoms with van der Waals surface area (Å²) in [7, 11) is -3.65. The summed E-state index contributed by atoms with van der Waals surface area (Å²) in [4.78, 5) is 13.2. The molecule has 5 nitrogen and oxygen atoms in total. The van der Waals surface area contributed by atoms with Crippen LogP contribution < -0.4 is 10.0 Å². The van der Waals surface area contributed by atoms with Crippen LogP contribution in [0.4, 0.5) is 5.69 Å². The van der Waals surface area contributed by atoms with E-state index in [1.165, 1.54) is 0 Å². The van der Waals surface area contributed by atoms with Crippen molar-refractivity contribution in [1.82, 2.24) is 5.32 Å². The molecule has 7 heteroatoms. The Hall–Kier alpha value is -1.99. The van der Waals surface area contributed by atoms with E-state index in [1.54, 1.807) is 60.3 Å². The van der Waals surface area contributed by atoms with Crippen LogP contribution in [0.25, 0.3) is 0 Å². The topological polar surface area (TPSA) is 75.3 Å². The minimum atomic E-state index is -3.65. The summed E-state index contributed by atoms with van der Waals surface area (Å²) in [5.41, 5.74) is 0.905. The maximum absolute atomic E-state index is 12.4. The Morgan fingerprint density at radius 3 is 2.16 bits per heavy atom. The van der Waals surface area contributed by atoms with E-state index in [-0.39, 0.29) is 10.8 Å². The van der Waals surface area contributed by atoms with Gasteiger partial charge in [-0.2, -0.15) is 0 Å². The molecule has 0 radical (unpaired) electrons. The van der Waals surface area contributed by atoms with Crippen molar-refractivity contribution >= 4 is 33.4 Å². The third kappa shape index (κ3) is 5.51. The first-order valence-electron chi connectivity index (χ1n) is 7.87. The van der Waals surface area contributed by atoms with Gasteiger partial charge in [0.1, 0.15) is 0 Å². The number of hydrogen-bond acceptors (Lipinski definition) is 4. The second kappa shape index (κ2) is 8.40. The van der Waals surface area contributed by atoms with E-state index in [0.29, 0.717) is 23.7 Å². The second-order valence-electron chi connectivity index (χ2n) is 5.96. The first-order chi connectivity index (χ1) is 11.8. The highest BCUT2D eigenvalue weighted by Crippen LogP contribution is 2.20. The Morgan fingerprint density at radius 1 is 1.04 bits per heavy atom.